The van der Waals surface area contributed by atoms with E-state index in [0.29, 0.717) is 16.3 Å². The summed E-state index contributed by atoms with van der Waals surface area (Å²) in [5.74, 6) is 0. The Morgan fingerprint density at radius 1 is 1.36 bits per heavy atom. The van der Waals surface area contributed by atoms with Gasteiger partial charge in [-0.2, -0.15) is 5.10 Å². The first-order valence-electron chi connectivity index (χ1n) is 4.31. The summed E-state index contributed by atoms with van der Waals surface area (Å²) in [6.07, 6.45) is 2.82. The average molecular weight is 230 g/mol. The molecule has 1 unspecified atom stereocenters. The van der Waals surface area contributed by atoms with E-state index < -0.39 is 0 Å². The molecule has 74 valence electrons. The number of hydrogen-bond donors (Lipinski definition) is 0. The molecule has 14 heavy (non-hydrogen) atoms. The fourth-order valence-corrected chi connectivity index (χ4v) is 1.86. The Kier molecular flexibility index (Phi) is 2.61. The van der Waals surface area contributed by atoms with Gasteiger partial charge in [-0.25, -0.2) is 4.98 Å². The lowest BCUT2D eigenvalue weighted by molar-refractivity contribution is 0.724. The molecule has 1 atom stereocenters. The molecule has 1 aromatic heterocycles. The third-order valence-electron chi connectivity index (χ3n) is 2.08. The summed E-state index contributed by atoms with van der Waals surface area (Å²) in [6, 6.07) is 3.86. The van der Waals surface area contributed by atoms with Crippen LogP contribution in [0.4, 0.5) is 5.69 Å². The molecule has 1 aliphatic heterocycles. The SMILES string of the molecule is CC1CC=NN1c1cc(Cl)nc(Cl)c1. The van der Waals surface area contributed by atoms with Crippen LogP contribution in [0.2, 0.25) is 10.3 Å². The third-order valence-corrected chi connectivity index (χ3v) is 2.47. The smallest absolute Gasteiger partial charge is 0.132 e. The van der Waals surface area contributed by atoms with Gasteiger partial charge in [0.25, 0.3) is 0 Å². The summed E-state index contributed by atoms with van der Waals surface area (Å²) >= 11 is 11.6. The zero-order valence-electron chi connectivity index (χ0n) is 7.61. The molecule has 0 N–H and O–H groups in total. The van der Waals surface area contributed by atoms with Crippen LogP contribution in [-0.4, -0.2) is 17.2 Å². The molecule has 0 radical (unpaired) electrons. The molecular weight excluding hydrogens is 221 g/mol. The van der Waals surface area contributed by atoms with Crippen LogP contribution in [0.25, 0.3) is 0 Å². The maximum absolute atomic E-state index is 5.80. The van der Waals surface area contributed by atoms with Gasteiger partial charge < -0.3 is 0 Å². The number of anilines is 1. The Labute approximate surface area is 92.3 Å². The molecule has 5 heteroatoms. The zero-order valence-corrected chi connectivity index (χ0v) is 9.13. The van der Waals surface area contributed by atoms with Crippen molar-refractivity contribution in [3.8, 4) is 0 Å². The van der Waals surface area contributed by atoms with Crippen LogP contribution in [0.1, 0.15) is 13.3 Å². The van der Waals surface area contributed by atoms with E-state index in [9.17, 15) is 0 Å². The van der Waals surface area contributed by atoms with E-state index in [1.54, 1.807) is 12.1 Å². The number of hydrazone groups is 1. The summed E-state index contributed by atoms with van der Waals surface area (Å²) < 4.78 is 0. The second-order valence-corrected chi connectivity index (χ2v) is 3.97. The second-order valence-electron chi connectivity index (χ2n) is 3.20. The Balaban J connectivity index is 2.36. The highest BCUT2D eigenvalue weighted by atomic mass is 35.5. The van der Waals surface area contributed by atoms with Crippen molar-refractivity contribution in [2.75, 3.05) is 5.01 Å². The first kappa shape index (κ1) is 9.74. The van der Waals surface area contributed by atoms with Gasteiger partial charge in [-0.3, -0.25) is 5.01 Å². The van der Waals surface area contributed by atoms with Crippen LogP contribution < -0.4 is 5.01 Å². The van der Waals surface area contributed by atoms with Crippen molar-refractivity contribution in [2.24, 2.45) is 5.10 Å². The molecule has 1 aliphatic rings. The molecule has 0 saturated heterocycles. The van der Waals surface area contributed by atoms with Gasteiger partial charge in [0.15, 0.2) is 0 Å². The molecule has 0 fully saturated rings. The predicted molar refractivity (Wildman–Crippen MR) is 59.3 cm³/mol. The van der Waals surface area contributed by atoms with Crippen molar-refractivity contribution >= 4 is 35.1 Å². The third kappa shape index (κ3) is 1.83. The van der Waals surface area contributed by atoms with Gasteiger partial charge in [-0.05, 0) is 6.92 Å². The first-order valence-corrected chi connectivity index (χ1v) is 5.07. The first-order chi connectivity index (χ1) is 6.66. The highest BCUT2D eigenvalue weighted by Gasteiger charge is 2.18. The number of pyridine rings is 1. The Hall–Kier alpha value is -0.800. The summed E-state index contributed by atoms with van der Waals surface area (Å²) in [4.78, 5) is 3.88. The van der Waals surface area contributed by atoms with Crippen LogP contribution in [0.15, 0.2) is 17.2 Å². The lowest BCUT2D eigenvalue weighted by atomic mass is 10.2. The molecular formula is C9H9Cl2N3. The van der Waals surface area contributed by atoms with E-state index in [4.69, 9.17) is 23.2 Å². The van der Waals surface area contributed by atoms with Crippen molar-refractivity contribution in [1.29, 1.82) is 0 Å². The maximum atomic E-state index is 5.80. The summed E-state index contributed by atoms with van der Waals surface area (Å²) in [6.45, 7) is 2.09. The lowest BCUT2D eigenvalue weighted by Crippen LogP contribution is -2.22. The number of halogens is 2. The van der Waals surface area contributed by atoms with Crippen molar-refractivity contribution in [1.82, 2.24) is 4.98 Å². The van der Waals surface area contributed by atoms with E-state index in [1.165, 1.54) is 0 Å². The summed E-state index contributed by atoms with van der Waals surface area (Å²) in [7, 11) is 0. The summed E-state index contributed by atoms with van der Waals surface area (Å²) in [5, 5.41) is 6.90. The topological polar surface area (TPSA) is 28.5 Å². The molecule has 2 heterocycles. The van der Waals surface area contributed by atoms with Gasteiger partial charge in [0.1, 0.15) is 10.3 Å². The molecule has 0 amide bonds. The van der Waals surface area contributed by atoms with Gasteiger partial charge in [0.05, 0.1) is 11.7 Å². The highest BCUT2D eigenvalue weighted by molar-refractivity contribution is 6.32. The molecule has 0 aliphatic carbocycles. The second kappa shape index (κ2) is 3.75. The Morgan fingerprint density at radius 2 is 2.00 bits per heavy atom. The summed E-state index contributed by atoms with van der Waals surface area (Å²) in [5.41, 5.74) is 0.885. The van der Waals surface area contributed by atoms with Crippen molar-refractivity contribution in [3.63, 3.8) is 0 Å². The number of rotatable bonds is 1. The van der Waals surface area contributed by atoms with Crippen LogP contribution in [0.3, 0.4) is 0 Å². The van der Waals surface area contributed by atoms with E-state index in [-0.39, 0.29) is 0 Å². The maximum Gasteiger partial charge on any atom is 0.132 e. The quantitative estimate of drug-likeness (QED) is 0.694. The Bertz CT molecular complexity index is 358. The van der Waals surface area contributed by atoms with E-state index in [2.05, 4.69) is 17.0 Å². The fourth-order valence-electron chi connectivity index (χ4n) is 1.41. The minimum atomic E-state index is 0.351. The molecule has 1 aromatic rings. The zero-order chi connectivity index (χ0) is 10.1. The predicted octanol–water partition coefficient (Wildman–Crippen LogP) is 2.97. The largest absolute Gasteiger partial charge is 0.263 e. The number of nitrogens with zero attached hydrogens (tertiary/aromatic N) is 3. The average Bonchev–Trinajstić information content (AvgIpc) is 2.49. The molecule has 3 nitrogen and oxygen atoms in total. The van der Waals surface area contributed by atoms with E-state index in [0.717, 1.165) is 12.1 Å². The molecule has 2 rings (SSSR count). The molecule has 0 bridgehead atoms. The molecule has 0 saturated carbocycles. The Morgan fingerprint density at radius 3 is 2.50 bits per heavy atom. The van der Waals surface area contributed by atoms with Gasteiger partial charge in [0, 0.05) is 24.8 Å². The van der Waals surface area contributed by atoms with E-state index in [1.807, 2.05) is 11.2 Å². The number of aromatic nitrogens is 1. The van der Waals surface area contributed by atoms with Crippen molar-refractivity contribution < 1.29 is 0 Å². The highest BCUT2D eigenvalue weighted by Crippen LogP contribution is 2.26. The van der Waals surface area contributed by atoms with Gasteiger partial charge in [-0.15, -0.1) is 0 Å². The standard InChI is InChI=1S/C9H9Cl2N3/c1-6-2-3-12-14(6)7-4-8(10)13-9(11)5-7/h3-6H,2H2,1H3. The minimum Gasteiger partial charge on any atom is -0.263 e. The van der Waals surface area contributed by atoms with Gasteiger partial charge >= 0.3 is 0 Å². The van der Waals surface area contributed by atoms with Crippen molar-refractivity contribution in [3.05, 3.63) is 22.4 Å². The van der Waals surface area contributed by atoms with Crippen LogP contribution in [-0.2, 0) is 0 Å². The monoisotopic (exact) mass is 229 g/mol. The molecule has 0 spiro atoms. The minimum absolute atomic E-state index is 0.351. The van der Waals surface area contributed by atoms with E-state index >= 15 is 0 Å². The van der Waals surface area contributed by atoms with Crippen LogP contribution in [0, 0.1) is 0 Å². The van der Waals surface area contributed by atoms with Crippen molar-refractivity contribution in [2.45, 2.75) is 19.4 Å². The lowest BCUT2D eigenvalue weighted by Gasteiger charge is -2.20. The fraction of sp³-hybridized carbons (Fsp3) is 0.333. The normalized spacial score (nSPS) is 20.5. The van der Waals surface area contributed by atoms with Crippen LogP contribution in [0.5, 0.6) is 0 Å². The van der Waals surface area contributed by atoms with Gasteiger partial charge in [-0.1, -0.05) is 23.2 Å². The molecule has 0 aromatic carbocycles. The number of hydrogen-bond acceptors (Lipinski definition) is 3. The van der Waals surface area contributed by atoms with Crippen LogP contribution >= 0.6 is 23.2 Å². The van der Waals surface area contributed by atoms with Gasteiger partial charge in [0.2, 0.25) is 0 Å².